The number of carbonyl (C=O) groups is 2. The first kappa shape index (κ1) is 16.6. The highest BCUT2D eigenvalue weighted by atomic mass is 35.5. The molecular weight excluding hydrogens is 304 g/mol. The van der Waals surface area contributed by atoms with E-state index in [0.717, 1.165) is 19.3 Å². The molecule has 1 aliphatic rings. The van der Waals surface area contributed by atoms with Crippen molar-refractivity contribution in [3.8, 4) is 0 Å². The number of nitrogens with zero attached hydrogens (tertiary/aromatic N) is 1. The van der Waals surface area contributed by atoms with Crippen molar-refractivity contribution in [2.24, 2.45) is 0 Å². The topological polar surface area (TPSA) is 72.6 Å². The SMILES string of the molecule is C[C@H]1CCC[C@H](C)N1C(=O)COC(=O)c1ccc(Cl)c(N)c1. The van der Waals surface area contributed by atoms with Gasteiger partial charge in [-0.3, -0.25) is 4.79 Å². The lowest BCUT2D eigenvalue weighted by Gasteiger charge is -2.38. The second kappa shape index (κ2) is 7.01. The molecule has 0 saturated carbocycles. The zero-order valence-electron chi connectivity index (χ0n) is 12.8. The fourth-order valence-electron chi connectivity index (χ4n) is 2.87. The highest BCUT2D eigenvalue weighted by Gasteiger charge is 2.29. The Hall–Kier alpha value is -1.75. The molecule has 1 aliphatic heterocycles. The fourth-order valence-corrected chi connectivity index (χ4v) is 2.99. The smallest absolute Gasteiger partial charge is 0.338 e. The van der Waals surface area contributed by atoms with Crippen LogP contribution in [0.3, 0.4) is 0 Å². The number of likely N-dealkylation sites (tertiary alicyclic amines) is 1. The molecule has 1 fully saturated rings. The molecule has 0 unspecified atom stereocenters. The lowest BCUT2D eigenvalue weighted by atomic mass is 9.97. The average molecular weight is 325 g/mol. The van der Waals surface area contributed by atoms with E-state index in [2.05, 4.69) is 0 Å². The quantitative estimate of drug-likeness (QED) is 0.685. The van der Waals surface area contributed by atoms with Crippen LogP contribution in [0.4, 0.5) is 5.69 Å². The second-order valence-electron chi connectivity index (χ2n) is 5.74. The van der Waals surface area contributed by atoms with Gasteiger partial charge in [0.25, 0.3) is 5.91 Å². The van der Waals surface area contributed by atoms with Crippen LogP contribution in [0.15, 0.2) is 18.2 Å². The molecule has 0 aliphatic carbocycles. The first-order chi connectivity index (χ1) is 10.4. The third-order valence-electron chi connectivity index (χ3n) is 4.04. The third-order valence-corrected chi connectivity index (χ3v) is 4.38. The molecule has 6 heteroatoms. The van der Waals surface area contributed by atoms with E-state index in [-0.39, 0.29) is 30.2 Å². The van der Waals surface area contributed by atoms with Crippen molar-refractivity contribution in [1.82, 2.24) is 4.90 Å². The number of nitrogen functional groups attached to an aromatic ring is 1. The number of ether oxygens (including phenoxy) is 1. The molecule has 0 radical (unpaired) electrons. The molecule has 2 rings (SSSR count). The number of piperidine rings is 1. The number of carbonyl (C=O) groups excluding carboxylic acids is 2. The van der Waals surface area contributed by atoms with Gasteiger partial charge < -0.3 is 15.4 Å². The van der Waals surface area contributed by atoms with Gasteiger partial charge in [0.05, 0.1) is 16.3 Å². The molecule has 22 heavy (non-hydrogen) atoms. The van der Waals surface area contributed by atoms with Crippen molar-refractivity contribution in [2.75, 3.05) is 12.3 Å². The van der Waals surface area contributed by atoms with Gasteiger partial charge in [-0.15, -0.1) is 0 Å². The van der Waals surface area contributed by atoms with Crippen LogP contribution in [0.1, 0.15) is 43.5 Å². The maximum atomic E-state index is 12.3. The standard InChI is InChI=1S/C16H21ClN2O3/c1-10-4-3-5-11(2)19(10)15(20)9-22-16(21)12-6-7-13(17)14(18)8-12/h6-8,10-11H,3-5,9,18H2,1-2H3/t10-,11-/m0/s1. The van der Waals surface area contributed by atoms with Gasteiger partial charge in [0, 0.05) is 12.1 Å². The van der Waals surface area contributed by atoms with E-state index in [1.54, 1.807) is 0 Å². The molecule has 1 heterocycles. The van der Waals surface area contributed by atoms with Gasteiger partial charge in [-0.2, -0.15) is 0 Å². The monoisotopic (exact) mass is 324 g/mol. The average Bonchev–Trinajstić information content (AvgIpc) is 2.47. The van der Waals surface area contributed by atoms with Crippen molar-refractivity contribution >= 4 is 29.2 Å². The van der Waals surface area contributed by atoms with Gasteiger partial charge >= 0.3 is 5.97 Å². The van der Waals surface area contributed by atoms with Crippen LogP contribution in [-0.4, -0.2) is 35.5 Å². The minimum Gasteiger partial charge on any atom is -0.452 e. The summed E-state index contributed by atoms with van der Waals surface area (Å²) in [5.41, 5.74) is 6.25. The summed E-state index contributed by atoms with van der Waals surface area (Å²) in [6, 6.07) is 4.87. The van der Waals surface area contributed by atoms with Crippen molar-refractivity contribution in [3.05, 3.63) is 28.8 Å². The predicted octanol–water partition coefficient (Wildman–Crippen LogP) is 2.87. The Kier molecular flexibility index (Phi) is 5.29. The van der Waals surface area contributed by atoms with Crippen LogP contribution in [0.5, 0.6) is 0 Å². The number of amides is 1. The van der Waals surface area contributed by atoms with Gasteiger partial charge in [-0.1, -0.05) is 11.6 Å². The highest BCUT2D eigenvalue weighted by Crippen LogP contribution is 2.23. The minimum atomic E-state index is -0.575. The van der Waals surface area contributed by atoms with Gasteiger partial charge in [0.2, 0.25) is 0 Å². The lowest BCUT2D eigenvalue weighted by molar-refractivity contribution is -0.140. The van der Waals surface area contributed by atoms with Gasteiger partial charge in [0.15, 0.2) is 6.61 Å². The molecule has 1 aromatic carbocycles. The zero-order valence-corrected chi connectivity index (χ0v) is 13.6. The molecule has 0 aromatic heterocycles. The highest BCUT2D eigenvalue weighted by molar-refractivity contribution is 6.33. The first-order valence-corrected chi connectivity index (χ1v) is 7.81. The first-order valence-electron chi connectivity index (χ1n) is 7.43. The number of benzene rings is 1. The Morgan fingerprint density at radius 1 is 1.32 bits per heavy atom. The Balaban J connectivity index is 1.95. The minimum absolute atomic E-state index is 0.157. The number of halogens is 1. The Morgan fingerprint density at radius 2 is 1.95 bits per heavy atom. The van der Waals surface area contributed by atoms with Crippen LogP contribution in [-0.2, 0) is 9.53 Å². The molecule has 120 valence electrons. The van der Waals surface area contributed by atoms with Crippen molar-refractivity contribution in [1.29, 1.82) is 0 Å². The van der Waals surface area contributed by atoms with E-state index in [1.165, 1.54) is 18.2 Å². The number of rotatable bonds is 3. The number of nitrogens with two attached hydrogens (primary N) is 1. The van der Waals surface area contributed by atoms with Gasteiger partial charge in [-0.25, -0.2) is 4.79 Å². The summed E-state index contributed by atoms with van der Waals surface area (Å²) in [4.78, 5) is 26.1. The van der Waals surface area contributed by atoms with Crippen LogP contribution < -0.4 is 5.73 Å². The molecule has 0 bridgehead atoms. The predicted molar refractivity (Wildman–Crippen MR) is 85.8 cm³/mol. The molecule has 1 aromatic rings. The maximum absolute atomic E-state index is 12.3. The van der Waals surface area contributed by atoms with Crippen LogP contribution in [0.25, 0.3) is 0 Å². The molecule has 5 nitrogen and oxygen atoms in total. The maximum Gasteiger partial charge on any atom is 0.338 e. The van der Waals surface area contributed by atoms with Gasteiger partial charge in [0.1, 0.15) is 0 Å². The van der Waals surface area contributed by atoms with Gasteiger partial charge in [-0.05, 0) is 51.3 Å². The third kappa shape index (κ3) is 3.71. The Bertz CT molecular complexity index is 567. The van der Waals surface area contributed by atoms with E-state index >= 15 is 0 Å². The summed E-state index contributed by atoms with van der Waals surface area (Å²) in [6.45, 7) is 3.79. The van der Waals surface area contributed by atoms with E-state index < -0.39 is 5.97 Å². The molecule has 2 N–H and O–H groups in total. The number of anilines is 1. The van der Waals surface area contributed by atoms with Crippen LogP contribution >= 0.6 is 11.6 Å². The van der Waals surface area contributed by atoms with Crippen molar-refractivity contribution in [2.45, 2.75) is 45.2 Å². The Labute approximate surface area is 135 Å². The molecular formula is C16H21ClN2O3. The summed E-state index contributed by atoms with van der Waals surface area (Å²) in [6.07, 6.45) is 3.09. The number of hydrogen-bond acceptors (Lipinski definition) is 4. The molecule has 0 spiro atoms. The summed E-state index contributed by atoms with van der Waals surface area (Å²) in [5, 5.41) is 0.378. The van der Waals surface area contributed by atoms with Crippen molar-refractivity contribution < 1.29 is 14.3 Å². The number of esters is 1. The molecule has 1 amide bonds. The number of hydrogen-bond donors (Lipinski definition) is 1. The van der Waals surface area contributed by atoms with E-state index in [0.29, 0.717) is 10.7 Å². The second-order valence-corrected chi connectivity index (χ2v) is 6.15. The van der Waals surface area contributed by atoms with E-state index in [4.69, 9.17) is 22.1 Å². The summed E-state index contributed by atoms with van der Waals surface area (Å²) < 4.78 is 5.11. The van der Waals surface area contributed by atoms with Crippen LogP contribution in [0, 0.1) is 0 Å². The largest absolute Gasteiger partial charge is 0.452 e. The normalized spacial score (nSPS) is 21.5. The summed E-state index contributed by atoms with van der Waals surface area (Å²) in [7, 11) is 0. The molecule has 1 saturated heterocycles. The molecule has 2 atom stereocenters. The van der Waals surface area contributed by atoms with Crippen LogP contribution in [0.2, 0.25) is 5.02 Å². The summed E-state index contributed by atoms with van der Waals surface area (Å²) in [5.74, 6) is -0.732. The van der Waals surface area contributed by atoms with Crippen molar-refractivity contribution in [3.63, 3.8) is 0 Å². The fraction of sp³-hybridized carbons (Fsp3) is 0.500. The zero-order chi connectivity index (χ0) is 16.3. The lowest BCUT2D eigenvalue weighted by Crippen LogP contribution is -2.49. The summed E-state index contributed by atoms with van der Waals surface area (Å²) >= 11 is 5.81. The Morgan fingerprint density at radius 3 is 2.55 bits per heavy atom. The van der Waals surface area contributed by atoms with E-state index in [1.807, 2.05) is 18.7 Å². The van der Waals surface area contributed by atoms with E-state index in [9.17, 15) is 9.59 Å².